The maximum Gasteiger partial charge on any atom is 0.227 e. The predicted octanol–water partition coefficient (Wildman–Crippen LogP) is 2.44. The topological polar surface area (TPSA) is 88.5 Å². The summed E-state index contributed by atoms with van der Waals surface area (Å²) in [5, 5.41) is 21.2. The van der Waals surface area contributed by atoms with E-state index in [2.05, 4.69) is 15.5 Å². The molecule has 0 radical (unpaired) electrons. The van der Waals surface area contributed by atoms with Crippen LogP contribution in [0.25, 0.3) is 10.9 Å². The van der Waals surface area contributed by atoms with Gasteiger partial charge in [-0.2, -0.15) is 15.5 Å². The largest absolute Gasteiger partial charge is 0.309 e. The molecule has 0 atom stereocenters. The van der Waals surface area contributed by atoms with Crippen molar-refractivity contribution < 1.29 is 4.79 Å². The predicted molar refractivity (Wildman–Crippen MR) is 85.8 cm³/mol. The molecule has 0 aliphatic carbocycles. The summed E-state index contributed by atoms with van der Waals surface area (Å²) in [4.78, 5) is 12.0. The Morgan fingerprint density at radius 3 is 3.09 bits per heavy atom. The van der Waals surface area contributed by atoms with E-state index in [1.54, 1.807) is 29.2 Å². The smallest absolute Gasteiger partial charge is 0.227 e. The summed E-state index contributed by atoms with van der Waals surface area (Å²) in [5.74, 6) is 0.261. The SMILES string of the molecule is N#CCn1ccc(NC(=O)CCn2ncc3ccc(Cl)cc32)n1. The Kier molecular flexibility index (Phi) is 4.26. The van der Waals surface area contributed by atoms with E-state index < -0.39 is 0 Å². The molecule has 0 saturated heterocycles. The summed E-state index contributed by atoms with van der Waals surface area (Å²) < 4.78 is 3.20. The van der Waals surface area contributed by atoms with E-state index in [9.17, 15) is 4.79 Å². The molecule has 0 unspecified atom stereocenters. The van der Waals surface area contributed by atoms with Crippen LogP contribution in [0.2, 0.25) is 5.02 Å². The van der Waals surface area contributed by atoms with E-state index in [4.69, 9.17) is 16.9 Å². The van der Waals surface area contributed by atoms with Crippen molar-refractivity contribution in [3.63, 3.8) is 0 Å². The molecular formula is C15H13ClN6O. The average Bonchev–Trinajstić information content (AvgIpc) is 3.12. The summed E-state index contributed by atoms with van der Waals surface area (Å²) in [6.07, 6.45) is 3.64. The molecule has 1 aromatic carbocycles. The highest BCUT2D eigenvalue weighted by atomic mass is 35.5. The summed E-state index contributed by atoms with van der Waals surface area (Å²) >= 11 is 5.99. The first-order valence-corrected chi connectivity index (χ1v) is 7.35. The number of nitrogens with one attached hydrogen (secondary N) is 1. The molecule has 1 N–H and O–H groups in total. The Labute approximate surface area is 137 Å². The molecule has 7 nitrogen and oxygen atoms in total. The molecule has 1 amide bonds. The minimum atomic E-state index is -0.169. The molecule has 116 valence electrons. The van der Waals surface area contributed by atoms with Gasteiger partial charge in [0.15, 0.2) is 5.82 Å². The van der Waals surface area contributed by atoms with Crippen molar-refractivity contribution in [1.29, 1.82) is 5.26 Å². The highest BCUT2D eigenvalue weighted by Gasteiger charge is 2.08. The van der Waals surface area contributed by atoms with Gasteiger partial charge in [-0.3, -0.25) is 14.2 Å². The lowest BCUT2D eigenvalue weighted by Gasteiger charge is -2.04. The summed E-state index contributed by atoms with van der Waals surface area (Å²) in [7, 11) is 0. The van der Waals surface area contributed by atoms with Crippen LogP contribution in [0, 0.1) is 11.3 Å². The molecule has 3 rings (SSSR count). The number of hydrogen-bond acceptors (Lipinski definition) is 4. The molecule has 0 aliphatic heterocycles. The number of benzene rings is 1. The molecule has 0 saturated carbocycles. The number of rotatable bonds is 5. The Hall–Kier alpha value is -2.85. The molecule has 3 aromatic rings. The molecule has 2 heterocycles. The van der Waals surface area contributed by atoms with E-state index in [0.29, 0.717) is 17.4 Å². The number of fused-ring (bicyclic) bond motifs is 1. The third-order valence-electron chi connectivity index (χ3n) is 3.30. The number of nitrogens with zero attached hydrogens (tertiary/aromatic N) is 5. The number of halogens is 1. The van der Waals surface area contributed by atoms with Gasteiger partial charge in [-0.15, -0.1) is 0 Å². The van der Waals surface area contributed by atoms with E-state index >= 15 is 0 Å². The summed E-state index contributed by atoms with van der Waals surface area (Å²) in [6, 6.07) is 9.15. The first kappa shape index (κ1) is 15.1. The number of nitriles is 1. The molecule has 0 bridgehead atoms. The number of aromatic nitrogens is 4. The molecule has 0 aliphatic rings. The Bertz CT molecular complexity index is 891. The molecule has 2 aromatic heterocycles. The quantitative estimate of drug-likeness (QED) is 0.779. The first-order chi connectivity index (χ1) is 11.2. The normalized spacial score (nSPS) is 10.6. The van der Waals surface area contributed by atoms with Crippen LogP contribution in [-0.2, 0) is 17.9 Å². The van der Waals surface area contributed by atoms with Crippen molar-refractivity contribution in [1.82, 2.24) is 19.6 Å². The van der Waals surface area contributed by atoms with Crippen molar-refractivity contribution >= 4 is 34.2 Å². The molecule has 23 heavy (non-hydrogen) atoms. The maximum absolute atomic E-state index is 12.0. The Morgan fingerprint density at radius 2 is 2.26 bits per heavy atom. The van der Waals surface area contributed by atoms with Gasteiger partial charge >= 0.3 is 0 Å². The average molecular weight is 329 g/mol. The van der Waals surface area contributed by atoms with Crippen LogP contribution in [0.15, 0.2) is 36.7 Å². The van der Waals surface area contributed by atoms with Gasteiger partial charge in [0.1, 0.15) is 6.54 Å². The second-order valence-electron chi connectivity index (χ2n) is 4.93. The van der Waals surface area contributed by atoms with E-state index in [0.717, 1.165) is 10.9 Å². The zero-order chi connectivity index (χ0) is 16.2. The number of amides is 1. The zero-order valence-electron chi connectivity index (χ0n) is 12.1. The fourth-order valence-corrected chi connectivity index (χ4v) is 2.39. The third-order valence-corrected chi connectivity index (χ3v) is 3.53. The Balaban J connectivity index is 1.61. The first-order valence-electron chi connectivity index (χ1n) is 6.97. The highest BCUT2D eigenvalue weighted by Crippen LogP contribution is 2.19. The standard InChI is InChI=1S/C15H13ClN6O/c16-12-2-1-11-10-18-22(13(11)9-12)7-4-15(23)19-14-3-6-21(20-14)8-5-17/h1-3,6,9-10H,4,7-8H2,(H,19,20,23). The summed E-state index contributed by atoms with van der Waals surface area (Å²) in [5.41, 5.74) is 0.892. The lowest BCUT2D eigenvalue weighted by atomic mass is 10.2. The number of anilines is 1. The van der Waals surface area contributed by atoms with Gasteiger partial charge in [0.05, 0.1) is 24.3 Å². The van der Waals surface area contributed by atoms with Gasteiger partial charge in [-0.05, 0) is 18.2 Å². The number of hydrogen-bond donors (Lipinski definition) is 1. The molecular weight excluding hydrogens is 316 g/mol. The monoisotopic (exact) mass is 328 g/mol. The van der Waals surface area contributed by atoms with Crippen molar-refractivity contribution in [3.8, 4) is 6.07 Å². The van der Waals surface area contributed by atoms with Crippen molar-refractivity contribution in [2.45, 2.75) is 19.5 Å². The number of carbonyl (C=O) groups excluding carboxylic acids is 1. The lowest BCUT2D eigenvalue weighted by Crippen LogP contribution is -2.15. The van der Waals surface area contributed by atoms with Gasteiger partial charge < -0.3 is 5.32 Å². The van der Waals surface area contributed by atoms with Crippen molar-refractivity contribution in [2.75, 3.05) is 5.32 Å². The highest BCUT2D eigenvalue weighted by molar-refractivity contribution is 6.31. The zero-order valence-corrected chi connectivity index (χ0v) is 12.9. The fraction of sp³-hybridized carbons (Fsp3) is 0.200. The molecule has 8 heteroatoms. The summed E-state index contributed by atoms with van der Waals surface area (Å²) in [6.45, 7) is 0.588. The van der Waals surface area contributed by atoms with Gasteiger partial charge in [-0.25, -0.2) is 0 Å². The van der Waals surface area contributed by atoms with Gasteiger partial charge in [0.25, 0.3) is 0 Å². The minimum absolute atomic E-state index is 0.149. The van der Waals surface area contributed by atoms with Gasteiger partial charge in [0.2, 0.25) is 5.91 Å². The van der Waals surface area contributed by atoms with Crippen molar-refractivity contribution in [2.24, 2.45) is 0 Å². The third kappa shape index (κ3) is 3.49. The lowest BCUT2D eigenvalue weighted by molar-refractivity contribution is -0.116. The van der Waals surface area contributed by atoms with E-state index in [1.807, 2.05) is 18.2 Å². The molecule has 0 fully saturated rings. The van der Waals surface area contributed by atoms with Gasteiger partial charge in [0, 0.05) is 29.1 Å². The maximum atomic E-state index is 12.0. The Morgan fingerprint density at radius 1 is 1.39 bits per heavy atom. The van der Waals surface area contributed by atoms with Crippen LogP contribution in [0.4, 0.5) is 5.82 Å². The van der Waals surface area contributed by atoms with Crippen LogP contribution in [0.1, 0.15) is 6.42 Å². The fourth-order valence-electron chi connectivity index (χ4n) is 2.22. The second-order valence-corrected chi connectivity index (χ2v) is 5.36. The van der Waals surface area contributed by atoms with Crippen LogP contribution < -0.4 is 5.32 Å². The van der Waals surface area contributed by atoms with E-state index in [-0.39, 0.29) is 18.9 Å². The number of carbonyl (C=O) groups is 1. The van der Waals surface area contributed by atoms with Gasteiger partial charge in [-0.1, -0.05) is 11.6 Å². The van der Waals surface area contributed by atoms with Crippen LogP contribution in [-0.4, -0.2) is 25.5 Å². The molecule has 0 spiro atoms. The minimum Gasteiger partial charge on any atom is -0.309 e. The van der Waals surface area contributed by atoms with Crippen LogP contribution >= 0.6 is 11.6 Å². The van der Waals surface area contributed by atoms with Crippen molar-refractivity contribution in [3.05, 3.63) is 41.7 Å². The number of aryl methyl sites for hydroxylation is 1. The van der Waals surface area contributed by atoms with Crippen LogP contribution in [0.3, 0.4) is 0 Å². The second kappa shape index (κ2) is 6.50. The van der Waals surface area contributed by atoms with Crippen LogP contribution in [0.5, 0.6) is 0 Å². The van der Waals surface area contributed by atoms with E-state index in [1.165, 1.54) is 4.68 Å².